The minimum absolute atomic E-state index is 0.0734. The van der Waals surface area contributed by atoms with Gasteiger partial charge in [-0.05, 0) is 24.8 Å². The van der Waals surface area contributed by atoms with E-state index in [1.54, 1.807) is 0 Å². The number of carbonyl (C=O) groups is 2. The van der Waals surface area contributed by atoms with E-state index in [0.29, 0.717) is 5.92 Å². The van der Waals surface area contributed by atoms with Crippen molar-refractivity contribution >= 4 is 17.6 Å². The van der Waals surface area contributed by atoms with E-state index in [1.165, 1.54) is 24.3 Å². The Morgan fingerprint density at radius 1 is 1.33 bits per heavy atom. The molecule has 0 spiro atoms. The van der Waals surface area contributed by atoms with Gasteiger partial charge in [-0.2, -0.15) is 0 Å². The second-order valence-corrected chi connectivity index (χ2v) is 5.93. The summed E-state index contributed by atoms with van der Waals surface area (Å²) in [5, 5.41) is 15.7. The molecule has 8 heteroatoms. The summed E-state index contributed by atoms with van der Waals surface area (Å²) in [6.45, 7) is 1.69. The van der Waals surface area contributed by atoms with Crippen molar-refractivity contribution in [1.82, 2.24) is 10.6 Å². The molecule has 3 amide bonds. The summed E-state index contributed by atoms with van der Waals surface area (Å²) in [6, 6.07) is 5.04. The van der Waals surface area contributed by atoms with E-state index in [0.717, 1.165) is 25.7 Å². The smallest absolute Gasteiger partial charge is 0.321 e. The molecule has 1 aliphatic rings. The molecule has 0 radical (unpaired) electrons. The number of benzene rings is 1. The molecule has 1 aromatic carbocycles. The van der Waals surface area contributed by atoms with Crippen molar-refractivity contribution in [3.8, 4) is 5.75 Å². The first kappa shape index (κ1) is 17.7. The van der Waals surface area contributed by atoms with Gasteiger partial charge in [0.25, 0.3) is 11.6 Å². The molecule has 130 valence electrons. The number of nitro benzene ring substituents is 1. The molecule has 2 N–H and O–H groups in total. The number of nitrogens with one attached hydrogen (secondary N) is 2. The van der Waals surface area contributed by atoms with Crippen molar-refractivity contribution in [3.63, 3.8) is 0 Å². The number of non-ortho nitro benzene ring substituents is 1. The number of urea groups is 1. The van der Waals surface area contributed by atoms with Crippen LogP contribution in [0.5, 0.6) is 5.75 Å². The number of hydrogen-bond acceptors (Lipinski definition) is 5. The molecule has 0 aliphatic heterocycles. The molecule has 0 aromatic heterocycles. The highest BCUT2D eigenvalue weighted by atomic mass is 16.6. The van der Waals surface area contributed by atoms with E-state index in [4.69, 9.17) is 4.74 Å². The van der Waals surface area contributed by atoms with Crippen molar-refractivity contribution in [2.75, 3.05) is 6.61 Å². The summed E-state index contributed by atoms with van der Waals surface area (Å²) >= 11 is 0. The zero-order valence-electron chi connectivity index (χ0n) is 13.5. The van der Waals surface area contributed by atoms with Crippen LogP contribution in [0.15, 0.2) is 24.3 Å². The molecule has 2 unspecified atom stereocenters. The first-order chi connectivity index (χ1) is 11.5. The van der Waals surface area contributed by atoms with Crippen molar-refractivity contribution in [2.45, 2.75) is 38.6 Å². The summed E-state index contributed by atoms with van der Waals surface area (Å²) in [4.78, 5) is 33.7. The van der Waals surface area contributed by atoms with E-state index < -0.39 is 23.5 Å². The van der Waals surface area contributed by atoms with Crippen LogP contribution in [0, 0.1) is 16.0 Å². The van der Waals surface area contributed by atoms with Crippen LogP contribution in [0.3, 0.4) is 0 Å². The Balaban J connectivity index is 1.77. The molecule has 0 heterocycles. The number of nitrogens with zero attached hydrogens (tertiary/aromatic N) is 1. The molecule has 0 saturated heterocycles. The maximum Gasteiger partial charge on any atom is 0.321 e. The monoisotopic (exact) mass is 335 g/mol. The van der Waals surface area contributed by atoms with Gasteiger partial charge in [0.1, 0.15) is 5.75 Å². The lowest BCUT2D eigenvalue weighted by Crippen LogP contribution is -2.48. The fourth-order valence-electron chi connectivity index (χ4n) is 2.73. The number of carbonyl (C=O) groups excluding carboxylic acids is 2. The highest BCUT2D eigenvalue weighted by Crippen LogP contribution is 2.23. The largest absolute Gasteiger partial charge is 0.484 e. The van der Waals surface area contributed by atoms with Crippen molar-refractivity contribution in [1.29, 1.82) is 0 Å². The van der Waals surface area contributed by atoms with Gasteiger partial charge in [0.2, 0.25) is 0 Å². The first-order valence-corrected chi connectivity index (χ1v) is 7.93. The average molecular weight is 335 g/mol. The molecule has 1 saturated carbocycles. The lowest BCUT2D eigenvalue weighted by molar-refractivity contribution is -0.384. The van der Waals surface area contributed by atoms with Crippen molar-refractivity contribution in [3.05, 3.63) is 34.4 Å². The number of hydrogen-bond donors (Lipinski definition) is 2. The fraction of sp³-hybridized carbons (Fsp3) is 0.500. The Morgan fingerprint density at radius 2 is 2.08 bits per heavy atom. The molecular weight excluding hydrogens is 314 g/mol. The molecule has 8 nitrogen and oxygen atoms in total. The quantitative estimate of drug-likeness (QED) is 0.634. The maximum absolute atomic E-state index is 11.8. The Bertz CT molecular complexity index is 619. The van der Waals surface area contributed by atoms with Crippen LogP contribution in [0.4, 0.5) is 10.5 Å². The molecule has 2 rings (SSSR count). The number of amides is 3. The standard InChI is InChI=1S/C16H21N3O5/c1-11-5-2-3-8-14(11)17-16(21)18-15(20)10-24-13-7-4-6-12(9-13)19(22)23/h4,6-7,9,11,14H,2-3,5,8,10H2,1H3,(H2,17,18,20,21). The Kier molecular flexibility index (Phi) is 6.11. The number of nitro groups is 1. The normalized spacial score (nSPS) is 20.0. The second-order valence-electron chi connectivity index (χ2n) is 5.93. The third-order valence-corrected chi connectivity index (χ3v) is 4.08. The van der Waals surface area contributed by atoms with Gasteiger partial charge >= 0.3 is 6.03 Å². The summed E-state index contributed by atoms with van der Waals surface area (Å²) < 4.78 is 5.17. The molecular formula is C16H21N3O5. The number of imide groups is 1. The van der Waals surface area contributed by atoms with Crippen LogP contribution < -0.4 is 15.4 Å². The van der Waals surface area contributed by atoms with Crippen LogP contribution in [0.25, 0.3) is 0 Å². The van der Waals surface area contributed by atoms with Crippen molar-refractivity contribution in [2.24, 2.45) is 5.92 Å². The van der Waals surface area contributed by atoms with Crippen LogP contribution in [-0.4, -0.2) is 29.5 Å². The van der Waals surface area contributed by atoms with E-state index in [2.05, 4.69) is 17.6 Å². The van der Waals surface area contributed by atoms with Gasteiger partial charge in [-0.3, -0.25) is 20.2 Å². The number of ether oxygens (including phenoxy) is 1. The predicted octanol–water partition coefficient (Wildman–Crippen LogP) is 2.38. The Labute approximate surface area is 139 Å². The van der Waals surface area contributed by atoms with E-state index in [9.17, 15) is 19.7 Å². The van der Waals surface area contributed by atoms with E-state index >= 15 is 0 Å². The minimum Gasteiger partial charge on any atom is -0.484 e. The zero-order valence-corrected chi connectivity index (χ0v) is 13.5. The summed E-state index contributed by atoms with van der Waals surface area (Å²) in [6.07, 6.45) is 4.21. The fourth-order valence-corrected chi connectivity index (χ4v) is 2.73. The van der Waals surface area contributed by atoms with Gasteiger partial charge in [0.05, 0.1) is 11.0 Å². The zero-order chi connectivity index (χ0) is 17.5. The average Bonchev–Trinajstić information content (AvgIpc) is 2.55. The lowest BCUT2D eigenvalue weighted by Gasteiger charge is -2.29. The van der Waals surface area contributed by atoms with Gasteiger partial charge in [-0.25, -0.2) is 4.79 Å². The molecule has 0 bridgehead atoms. The van der Waals surface area contributed by atoms with Gasteiger partial charge < -0.3 is 10.1 Å². The SMILES string of the molecule is CC1CCCCC1NC(=O)NC(=O)COc1cccc([N+](=O)[O-])c1. The molecule has 24 heavy (non-hydrogen) atoms. The van der Waals surface area contributed by atoms with E-state index in [-0.39, 0.29) is 17.5 Å². The number of rotatable bonds is 5. The molecule has 2 atom stereocenters. The van der Waals surface area contributed by atoms with Crippen LogP contribution in [0.1, 0.15) is 32.6 Å². The Morgan fingerprint density at radius 3 is 2.79 bits per heavy atom. The third kappa shape index (κ3) is 5.22. The van der Waals surface area contributed by atoms with Gasteiger partial charge in [0.15, 0.2) is 6.61 Å². The highest BCUT2D eigenvalue weighted by Gasteiger charge is 2.23. The highest BCUT2D eigenvalue weighted by molar-refractivity contribution is 5.95. The molecule has 1 aromatic rings. The van der Waals surface area contributed by atoms with Crippen LogP contribution in [-0.2, 0) is 4.79 Å². The van der Waals surface area contributed by atoms with Crippen LogP contribution >= 0.6 is 0 Å². The van der Waals surface area contributed by atoms with Crippen LogP contribution in [0.2, 0.25) is 0 Å². The third-order valence-electron chi connectivity index (χ3n) is 4.08. The summed E-state index contributed by atoms with van der Waals surface area (Å²) in [7, 11) is 0. The molecule has 1 aliphatic carbocycles. The van der Waals surface area contributed by atoms with E-state index in [1.807, 2.05) is 0 Å². The van der Waals surface area contributed by atoms with Gasteiger partial charge in [-0.15, -0.1) is 0 Å². The summed E-state index contributed by atoms with van der Waals surface area (Å²) in [5.41, 5.74) is -0.128. The Hall–Kier alpha value is -2.64. The molecule has 1 fully saturated rings. The first-order valence-electron chi connectivity index (χ1n) is 7.93. The van der Waals surface area contributed by atoms with Gasteiger partial charge in [0, 0.05) is 12.1 Å². The minimum atomic E-state index is -0.609. The predicted molar refractivity (Wildman–Crippen MR) is 86.7 cm³/mol. The topological polar surface area (TPSA) is 111 Å². The maximum atomic E-state index is 11.8. The lowest BCUT2D eigenvalue weighted by atomic mass is 9.86. The van der Waals surface area contributed by atoms with Gasteiger partial charge in [-0.1, -0.05) is 25.8 Å². The second kappa shape index (κ2) is 8.28. The van der Waals surface area contributed by atoms with Crippen molar-refractivity contribution < 1.29 is 19.2 Å². The summed E-state index contributed by atoms with van der Waals surface area (Å²) in [5.74, 6) is -0.0242.